The normalized spacial score (nSPS) is 10.4. The summed E-state index contributed by atoms with van der Waals surface area (Å²) in [6.07, 6.45) is 1.74. The van der Waals surface area contributed by atoms with Gasteiger partial charge in [0.25, 0.3) is 0 Å². The maximum atomic E-state index is 9.30. The first-order chi connectivity index (χ1) is 7.16. The molecule has 0 aliphatic heterocycles. The summed E-state index contributed by atoms with van der Waals surface area (Å²) in [7, 11) is 0. The zero-order valence-electron chi connectivity index (χ0n) is 8.22. The van der Waals surface area contributed by atoms with E-state index in [1.165, 1.54) is 0 Å². The van der Waals surface area contributed by atoms with Crippen molar-refractivity contribution in [2.24, 2.45) is 0 Å². The molecule has 4 nitrogen and oxygen atoms in total. The van der Waals surface area contributed by atoms with Gasteiger partial charge in [-0.05, 0) is 23.8 Å². The van der Waals surface area contributed by atoms with Crippen LogP contribution in [0.15, 0.2) is 36.5 Å². The Morgan fingerprint density at radius 3 is 2.60 bits per heavy atom. The lowest BCUT2D eigenvalue weighted by Gasteiger charge is -2.06. The first-order valence-corrected chi connectivity index (χ1v) is 4.65. The van der Waals surface area contributed by atoms with Crippen molar-refractivity contribution in [1.29, 1.82) is 0 Å². The molecule has 0 fully saturated rings. The summed E-state index contributed by atoms with van der Waals surface area (Å²) in [6, 6.07) is 9.15. The standard InChI is InChI=1S/C11H13N3O/c12-9-3-1-2-8(6-9)7-14-5-4-10(15)11(14)13/h1-6,15H,7,12-13H2. The van der Waals surface area contributed by atoms with Crippen LogP contribution < -0.4 is 11.5 Å². The fourth-order valence-corrected chi connectivity index (χ4v) is 1.50. The predicted molar refractivity (Wildman–Crippen MR) is 60.5 cm³/mol. The quantitative estimate of drug-likeness (QED) is 0.646. The lowest BCUT2D eigenvalue weighted by atomic mass is 10.2. The number of nitrogens with zero attached hydrogens (tertiary/aromatic N) is 1. The monoisotopic (exact) mass is 203 g/mol. The van der Waals surface area contributed by atoms with Crippen molar-refractivity contribution in [2.45, 2.75) is 6.54 Å². The summed E-state index contributed by atoms with van der Waals surface area (Å²) >= 11 is 0. The average Bonchev–Trinajstić information content (AvgIpc) is 2.50. The molecule has 0 unspecified atom stereocenters. The molecule has 0 bridgehead atoms. The van der Waals surface area contributed by atoms with Crippen molar-refractivity contribution in [1.82, 2.24) is 4.57 Å². The van der Waals surface area contributed by atoms with Gasteiger partial charge in [-0.15, -0.1) is 0 Å². The van der Waals surface area contributed by atoms with Crippen molar-refractivity contribution in [3.63, 3.8) is 0 Å². The van der Waals surface area contributed by atoms with E-state index in [9.17, 15) is 5.11 Å². The molecular formula is C11H13N3O. The molecule has 0 aliphatic carbocycles. The van der Waals surface area contributed by atoms with Crippen LogP contribution in [0.25, 0.3) is 0 Å². The van der Waals surface area contributed by atoms with Crippen LogP contribution in [0.3, 0.4) is 0 Å². The molecule has 78 valence electrons. The maximum Gasteiger partial charge on any atom is 0.157 e. The fraction of sp³-hybridized carbons (Fsp3) is 0.0909. The molecule has 2 aromatic rings. The molecule has 2 rings (SSSR count). The van der Waals surface area contributed by atoms with Crippen LogP contribution in [0.2, 0.25) is 0 Å². The van der Waals surface area contributed by atoms with Gasteiger partial charge in [0.05, 0.1) is 0 Å². The van der Waals surface area contributed by atoms with E-state index in [4.69, 9.17) is 11.5 Å². The fourth-order valence-electron chi connectivity index (χ4n) is 1.50. The first kappa shape index (κ1) is 9.45. The Bertz CT molecular complexity index is 476. The van der Waals surface area contributed by atoms with E-state index in [0.29, 0.717) is 12.4 Å². The highest BCUT2D eigenvalue weighted by Crippen LogP contribution is 2.21. The van der Waals surface area contributed by atoms with Crippen LogP contribution in [-0.2, 0) is 6.54 Å². The molecule has 5 N–H and O–H groups in total. The largest absolute Gasteiger partial charge is 0.504 e. The number of aromatic hydroxyl groups is 1. The third-order valence-electron chi connectivity index (χ3n) is 2.29. The highest BCUT2D eigenvalue weighted by atomic mass is 16.3. The second-order valence-electron chi connectivity index (χ2n) is 3.46. The zero-order chi connectivity index (χ0) is 10.8. The second-order valence-corrected chi connectivity index (χ2v) is 3.46. The summed E-state index contributed by atoms with van der Waals surface area (Å²) in [4.78, 5) is 0. The lowest BCUT2D eigenvalue weighted by Crippen LogP contribution is -2.03. The van der Waals surface area contributed by atoms with E-state index in [-0.39, 0.29) is 5.75 Å². The lowest BCUT2D eigenvalue weighted by molar-refractivity contribution is 0.477. The van der Waals surface area contributed by atoms with Crippen LogP contribution in [0.1, 0.15) is 5.56 Å². The van der Waals surface area contributed by atoms with Gasteiger partial charge in [-0.2, -0.15) is 0 Å². The number of anilines is 2. The number of aromatic nitrogens is 1. The molecule has 4 heteroatoms. The molecule has 0 saturated carbocycles. The first-order valence-electron chi connectivity index (χ1n) is 4.65. The minimum absolute atomic E-state index is 0.110. The summed E-state index contributed by atoms with van der Waals surface area (Å²) in [5.41, 5.74) is 13.1. The Morgan fingerprint density at radius 2 is 2.00 bits per heavy atom. The molecule has 0 amide bonds. The van der Waals surface area contributed by atoms with Crippen LogP contribution in [0.5, 0.6) is 5.75 Å². The van der Waals surface area contributed by atoms with Gasteiger partial charge in [0.15, 0.2) is 5.75 Å². The summed E-state index contributed by atoms with van der Waals surface area (Å²) in [5, 5.41) is 9.30. The molecular weight excluding hydrogens is 190 g/mol. The van der Waals surface area contributed by atoms with Crippen LogP contribution >= 0.6 is 0 Å². The molecule has 0 aliphatic rings. The topological polar surface area (TPSA) is 77.2 Å². The summed E-state index contributed by atoms with van der Waals surface area (Å²) in [6.45, 7) is 0.609. The number of rotatable bonds is 2. The number of nitrogen functional groups attached to an aromatic ring is 2. The van der Waals surface area contributed by atoms with E-state index in [1.54, 1.807) is 16.8 Å². The molecule has 1 heterocycles. The molecule has 0 saturated heterocycles. The molecule has 0 radical (unpaired) electrons. The van der Waals surface area contributed by atoms with Gasteiger partial charge < -0.3 is 21.1 Å². The smallest absolute Gasteiger partial charge is 0.157 e. The van der Waals surface area contributed by atoms with Gasteiger partial charge in [0.2, 0.25) is 0 Å². The number of nitrogens with two attached hydrogens (primary N) is 2. The van der Waals surface area contributed by atoms with Crippen molar-refractivity contribution >= 4 is 11.5 Å². The highest BCUT2D eigenvalue weighted by Gasteiger charge is 2.03. The Balaban J connectivity index is 2.26. The Kier molecular flexibility index (Phi) is 2.25. The van der Waals surface area contributed by atoms with Gasteiger partial charge in [-0.25, -0.2) is 0 Å². The summed E-state index contributed by atoms with van der Waals surface area (Å²) in [5.74, 6) is 0.483. The molecule has 0 atom stereocenters. The van der Waals surface area contributed by atoms with Crippen molar-refractivity contribution < 1.29 is 5.11 Å². The van der Waals surface area contributed by atoms with Gasteiger partial charge in [-0.3, -0.25) is 0 Å². The minimum Gasteiger partial charge on any atom is -0.504 e. The van der Waals surface area contributed by atoms with Gasteiger partial charge in [-0.1, -0.05) is 12.1 Å². The SMILES string of the molecule is Nc1cccc(Cn2ccc(O)c2N)c1. The van der Waals surface area contributed by atoms with E-state index >= 15 is 0 Å². The average molecular weight is 203 g/mol. The van der Waals surface area contributed by atoms with Gasteiger partial charge in [0.1, 0.15) is 5.82 Å². The Morgan fingerprint density at radius 1 is 1.20 bits per heavy atom. The maximum absolute atomic E-state index is 9.30. The van der Waals surface area contributed by atoms with Crippen molar-refractivity contribution in [3.05, 3.63) is 42.1 Å². The third kappa shape index (κ3) is 1.88. The summed E-state index contributed by atoms with van der Waals surface area (Å²) < 4.78 is 1.77. The Labute approximate surface area is 87.7 Å². The van der Waals surface area contributed by atoms with Gasteiger partial charge >= 0.3 is 0 Å². The molecule has 0 spiro atoms. The van der Waals surface area contributed by atoms with Crippen molar-refractivity contribution in [2.75, 3.05) is 11.5 Å². The molecule has 1 aromatic heterocycles. The molecule has 1 aromatic carbocycles. The van der Waals surface area contributed by atoms with Gasteiger partial charge in [0, 0.05) is 18.4 Å². The number of hydrogen-bond acceptors (Lipinski definition) is 3. The third-order valence-corrected chi connectivity index (χ3v) is 2.29. The molecule has 15 heavy (non-hydrogen) atoms. The zero-order valence-corrected chi connectivity index (χ0v) is 8.22. The highest BCUT2D eigenvalue weighted by molar-refractivity contribution is 5.47. The van der Waals surface area contributed by atoms with Crippen LogP contribution in [0, 0.1) is 0 Å². The minimum atomic E-state index is 0.110. The van der Waals surface area contributed by atoms with E-state index in [0.717, 1.165) is 11.3 Å². The van der Waals surface area contributed by atoms with Crippen molar-refractivity contribution in [3.8, 4) is 5.75 Å². The second kappa shape index (κ2) is 3.57. The van der Waals surface area contributed by atoms with E-state index in [2.05, 4.69) is 0 Å². The number of hydrogen-bond donors (Lipinski definition) is 3. The van der Waals surface area contributed by atoms with Crippen LogP contribution in [-0.4, -0.2) is 9.67 Å². The van der Waals surface area contributed by atoms with E-state index < -0.39 is 0 Å². The number of benzene rings is 1. The predicted octanol–water partition coefficient (Wildman–Crippen LogP) is 1.41. The van der Waals surface area contributed by atoms with E-state index in [1.807, 2.05) is 24.3 Å². The van der Waals surface area contributed by atoms with Crippen LogP contribution in [0.4, 0.5) is 11.5 Å². The Hall–Kier alpha value is -2.10.